The summed E-state index contributed by atoms with van der Waals surface area (Å²) < 4.78 is 0. The van der Waals surface area contributed by atoms with Gasteiger partial charge in [-0.2, -0.15) is 22.7 Å². The van der Waals surface area contributed by atoms with Crippen LogP contribution in [0.3, 0.4) is 0 Å². The first-order valence-electron chi connectivity index (χ1n) is 9.63. The van der Waals surface area contributed by atoms with Gasteiger partial charge in [-0.05, 0) is 20.5 Å². The maximum absolute atomic E-state index is 4.89. The summed E-state index contributed by atoms with van der Waals surface area (Å²) in [5.74, 6) is 0. The van der Waals surface area contributed by atoms with Gasteiger partial charge in [0.1, 0.15) is 0 Å². The van der Waals surface area contributed by atoms with Crippen molar-refractivity contribution < 1.29 is 17.0 Å². The van der Waals surface area contributed by atoms with Gasteiger partial charge in [0.15, 0.2) is 0 Å². The molecule has 5 heteroatoms. The molecule has 0 aliphatic heterocycles. The first kappa shape index (κ1) is 22.5. The van der Waals surface area contributed by atoms with E-state index in [1.54, 1.807) is 22.7 Å². The number of fused-ring (bicyclic) bond motifs is 2. The van der Waals surface area contributed by atoms with E-state index in [2.05, 4.69) is 108 Å². The van der Waals surface area contributed by atoms with Gasteiger partial charge in [0.05, 0.1) is 0 Å². The normalized spacial score (nSPS) is 10.3. The fourth-order valence-electron chi connectivity index (χ4n) is 3.47. The topological polar surface area (TPSA) is 0 Å². The average Bonchev–Trinajstić information content (AvgIpc) is 3.60. The quantitative estimate of drug-likeness (QED) is 0.160. The Morgan fingerprint density at radius 1 is 0.581 bits per heavy atom. The van der Waals surface area contributed by atoms with Crippen molar-refractivity contribution >= 4 is 62.8 Å². The molecule has 154 valence electrons. The first-order valence-corrected chi connectivity index (χ1v) is 15.7. The van der Waals surface area contributed by atoms with Crippen molar-refractivity contribution in [2.45, 2.75) is 0 Å². The predicted molar refractivity (Wildman–Crippen MR) is 137 cm³/mol. The number of halogens is 2. The smallest absolute Gasteiger partial charge is 0.0174 e. The number of hydrogen-bond acceptors (Lipinski definition) is 2. The molecule has 0 bridgehead atoms. The van der Waals surface area contributed by atoms with E-state index in [0.717, 1.165) is 0 Å². The van der Waals surface area contributed by atoms with Crippen LogP contribution in [0.1, 0.15) is 0 Å². The molecule has 4 aromatic carbocycles. The summed E-state index contributed by atoms with van der Waals surface area (Å²) in [6.07, 6.45) is 0. The molecule has 0 fully saturated rings. The van der Waals surface area contributed by atoms with Gasteiger partial charge in [0, 0.05) is 0 Å². The second kappa shape index (κ2) is 11.3. The molecular formula is C26H18Cl2S2Ti-2. The molecule has 2 aromatic heterocycles. The Morgan fingerprint density at radius 3 is 1.35 bits per heavy atom. The third kappa shape index (κ3) is 5.78. The third-order valence-corrected chi connectivity index (χ3v) is 6.69. The van der Waals surface area contributed by atoms with Crippen LogP contribution in [-0.2, 0) is 17.0 Å². The Labute approximate surface area is 207 Å². The summed E-state index contributed by atoms with van der Waals surface area (Å²) >= 11 is 3.03. The van der Waals surface area contributed by atoms with Crippen LogP contribution in [0.5, 0.6) is 0 Å². The van der Waals surface area contributed by atoms with Crippen molar-refractivity contribution in [1.29, 1.82) is 0 Å². The van der Waals surface area contributed by atoms with Crippen LogP contribution in [0, 0.1) is 0 Å². The zero-order valence-electron chi connectivity index (χ0n) is 16.5. The van der Waals surface area contributed by atoms with Gasteiger partial charge in [-0.3, -0.25) is 0 Å². The summed E-state index contributed by atoms with van der Waals surface area (Å²) in [5.41, 5.74) is 2.67. The van der Waals surface area contributed by atoms with Crippen LogP contribution in [-0.4, -0.2) is 0 Å². The summed E-state index contributed by atoms with van der Waals surface area (Å²) in [5, 5.41) is 9.55. The van der Waals surface area contributed by atoms with E-state index in [9.17, 15) is 0 Å². The summed E-state index contributed by atoms with van der Waals surface area (Å²) in [6.45, 7) is 0. The van der Waals surface area contributed by atoms with E-state index in [4.69, 9.17) is 18.6 Å². The average molecular weight is 513 g/mol. The van der Waals surface area contributed by atoms with E-state index >= 15 is 0 Å². The second-order valence-corrected chi connectivity index (χ2v) is 11.2. The standard InChI is InChI=1S/2C13H9S.2ClH.Ti/c2*1-2-5-11-9-12(8-10(11)4-1)13-6-3-7-14-13;;;/h2*1-9H;2*1H;/q2*-1;;;+2/p-2. The first-order chi connectivity index (χ1) is 15.3. The number of thiophene rings is 2. The Kier molecular flexibility index (Phi) is 8.21. The van der Waals surface area contributed by atoms with E-state index in [1.165, 1.54) is 42.4 Å². The Morgan fingerprint density at radius 2 is 1.00 bits per heavy atom. The summed E-state index contributed by atoms with van der Waals surface area (Å²) in [6, 6.07) is 34.5. The van der Waals surface area contributed by atoms with Gasteiger partial charge in [-0.1, -0.05) is 60.7 Å². The molecule has 0 radical (unpaired) electrons. The molecule has 0 aliphatic rings. The van der Waals surface area contributed by atoms with Crippen LogP contribution in [0.25, 0.3) is 42.4 Å². The Balaban J connectivity index is 0.000000133. The minimum atomic E-state index is -0.556. The van der Waals surface area contributed by atoms with Gasteiger partial charge in [0.25, 0.3) is 0 Å². The van der Waals surface area contributed by atoms with Crippen LogP contribution in [0.2, 0.25) is 0 Å². The molecule has 0 spiro atoms. The fraction of sp³-hybridized carbons (Fsp3) is 0. The van der Waals surface area contributed by atoms with Crippen molar-refractivity contribution in [3.63, 3.8) is 0 Å². The predicted octanol–water partition coefficient (Wildman–Crippen LogP) is 9.95. The minimum absolute atomic E-state index is 0.556. The van der Waals surface area contributed by atoms with Gasteiger partial charge < -0.3 is 0 Å². The molecule has 0 saturated heterocycles. The largest absolute Gasteiger partial charge is 0.185 e. The molecule has 6 rings (SSSR count). The van der Waals surface area contributed by atoms with Crippen LogP contribution in [0.15, 0.2) is 108 Å². The zero-order chi connectivity index (χ0) is 21.5. The van der Waals surface area contributed by atoms with Crippen molar-refractivity contribution in [2.24, 2.45) is 0 Å². The van der Waals surface area contributed by atoms with Crippen LogP contribution in [0.4, 0.5) is 0 Å². The van der Waals surface area contributed by atoms with Crippen molar-refractivity contribution in [1.82, 2.24) is 0 Å². The molecule has 0 aliphatic carbocycles. The van der Waals surface area contributed by atoms with E-state index in [0.29, 0.717) is 0 Å². The van der Waals surface area contributed by atoms with Crippen LogP contribution < -0.4 is 0 Å². The van der Waals surface area contributed by atoms with Crippen molar-refractivity contribution in [3.05, 3.63) is 108 Å². The van der Waals surface area contributed by atoms with E-state index in [-0.39, 0.29) is 0 Å². The molecule has 0 saturated carbocycles. The Hall–Kier alpha value is -1.65. The van der Waals surface area contributed by atoms with Crippen molar-refractivity contribution in [2.75, 3.05) is 0 Å². The molecule has 0 unspecified atom stereocenters. The minimum Gasteiger partial charge on any atom is -0.185 e. The molecule has 31 heavy (non-hydrogen) atoms. The third-order valence-electron chi connectivity index (χ3n) is 4.85. The van der Waals surface area contributed by atoms with Gasteiger partial charge in [-0.15, -0.1) is 69.1 Å². The van der Waals surface area contributed by atoms with E-state index < -0.39 is 17.0 Å². The zero-order valence-corrected chi connectivity index (χ0v) is 21.2. The van der Waals surface area contributed by atoms with Gasteiger partial charge in [-0.25, -0.2) is 0 Å². The maximum Gasteiger partial charge on any atom is -0.0174 e. The monoisotopic (exact) mass is 512 g/mol. The van der Waals surface area contributed by atoms with Gasteiger partial charge in [0.2, 0.25) is 0 Å². The summed E-state index contributed by atoms with van der Waals surface area (Å²) in [4.78, 5) is 2.70. The van der Waals surface area contributed by atoms with Crippen molar-refractivity contribution in [3.8, 4) is 20.9 Å². The molecule has 2 heterocycles. The number of hydrogen-bond donors (Lipinski definition) is 0. The van der Waals surface area contributed by atoms with Crippen LogP contribution >= 0.6 is 41.3 Å². The fourth-order valence-corrected chi connectivity index (χ4v) is 4.90. The molecule has 0 atom stereocenters. The second-order valence-electron chi connectivity index (χ2n) is 6.77. The molecule has 6 aromatic rings. The molecule has 0 nitrogen and oxygen atoms in total. The molecule has 0 amide bonds. The van der Waals surface area contributed by atoms with Gasteiger partial charge >= 0.3 is 35.6 Å². The maximum atomic E-state index is 4.89. The summed E-state index contributed by atoms with van der Waals surface area (Å²) in [7, 11) is 9.78. The SMILES string of the molecule is [Cl][Ti][Cl].c1csc(-c2cc3ccccc3[cH-]2)c1.c1csc(-c2cc3ccccc3[cH-]2)c1. The van der Waals surface area contributed by atoms with E-state index in [1.807, 2.05) is 0 Å². The number of benzene rings is 2. The Bertz CT molecular complexity index is 1160. The molecular weight excluding hydrogens is 495 g/mol. The number of rotatable bonds is 2. The molecule has 0 N–H and O–H groups in total.